The zero-order valence-electron chi connectivity index (χ0n) is 9.88. The molecule has 0 saturated carbocycles. The monoisotopic (exact) mass is 275 g/mol. The molecule has 0 saturated heterocycles. The molecule has 0 radical (unpaired) electrons. The van der Waals surface area contributed by atoms with Gasteiger partial charge >= 0.3 is 5.97 Å². The highest BCUT2D eigenvalue weighted by molar-refractivity contribution is 6.29. The molecule has 96 valence electrons. The molecule has 5 nitrogen and oxygen atoms in total. The molecule has 6 heteroatoms. The van der Waals surface area contributed by atoms with E-state index in [1.165, 1.54) is 0 Å². The van der Waals surface area contributed by atoms with Gasteiger partial charge in [-0.15, -0.1) is 10.2 Å². The maximum atomic E-state index is 10.9. The van der Waals surface area contributed by atoms with Crippen LogP contribution in [0.1, 0.15) is 21.5 Å². The highest BCUT2D eigenvalue weighted by Gasteiger charge is 2.21. The van der Waals surface area contributed by atoms with E-state index < -0.39 is 5.97 Å². The van der Waals surface area contributed by atoms with Gasteiger partial charge in [-0.2, -0.15) is 0 Å². The Morgan fingerprint density at radius 2 is 1.95 bits per heavy atom. The number of hydrogen-bond donors (Lipinski definition) is 1. The van der Waals surface area contributed by atoms with E-state index in [0.717, 1.165) is 16.9 Å². The molecule has 0 unspecified atom stereocenters. The van der Waals surface area contributed by atoms with Crippen molar-refractivity contribution in [1.82, 2.24) is 10.2 Å². The second-order valence-corrected chi connectivity index (χ2v) is 4.75. The molecule has 1 aliphatic heterocycles. The molecule has 2 heterocycles. The van der Waals surface area contributed by atoms with Crippen molar-refractivity contribution in [1.29, 1.82) is 0 Å². The molecule has 1 aliphatic rings. The Morgan fingerprint density at radius 1 is 1.16 bits per heavy atom. The maximum absolute atomic E-state index is 10.9. The van der Waals surface area contributed by atoms with Crippen molar-refractivity contribution in [3.8, 4) is 0 Å². The number of carboxylic acid groups (broad SMARTS) is 1. The Morgan fingerprint density at radius 3 is 2.63 bits per heavy atom. The van der Waals surface area contributed by atoms with Crippen LogP contribution in [0.25, 0.3) is 0 Å². The number of halogens is 1. The van der Waals surface area contributed by atoms with Gasteiger partial charge in [0.15, 0.2) is 11.0 Å². The molecule has 1 N–H and O–H groups in total. The third kappa shape index (κ3) is 2.24. The lowest BCUT2D eigenvalue weighted by Crippen LogP contribution is -2.16. The molecule has 0 bridgehead atoms. The summed E-state index contributed by atoms with van der Waals surface area (Å²) in [6, 6.07) is 8.68. The summed E-state index contributed by atoms with van der Waals surface area (Å²) in [5.74, 6) is -0.176. The van der Waals surface area contributed by atoms with Gasteiger partial charge in [-0.25, -0.2) is 4.79 Å². The van der Waals surface area contributed by atoms with Gasteiger partial charge in [0.2, 0.25) is 0 Å². The molecule has 0 amide bonds. The van der Waals surface area contributed by atoms with Gasteiger partial charge in [-0.3, -0.25) is 0 Å². The van der Waals surface area contributed by atoms with Crippen molar-refractivity contribution in [3.63, 3.8) is 0 Å². The average Bonchev–Trinajstić information content (AvgIpc) is 2.82. The third-order valence-electron chi connectivity index (χ3n) is 3.12. The molecule has 1 aromatic heterocycles. The molecule has 2 aromatic rings. The van der Waals surface area contributed by atoms with Gasteiger partial charge in [-0.1, -0.05) is 17.7 Å². The topological polar surface area (TPSA) is 66.3 Å². The summed E-state index contributed by atoms with van der Waals surface area (Å²) in [5, 5.41) is 17.2. The number of aromatic carboxylic acids is 1. The van der Waals surface area contributed by atoms with Crippen LogP contribution in [0.4, 0.5) is 5.82 Å². The second kappa shape index (κ2) is 4.51. The van der Waals surface area contributed by atoms with E-state index in [4.69, 9.17) is 16.7 Å². The Bertz CT molecular complexity index is 643. The summed E-state index contributed by atoms with van der Waals surface area (Å²) in [6.45, 7) is 1.33. The number of anilines is 1. The summed E-state index contributed by atoms with van der Waals surface area (Å²) < 4.78 is 0. The van der Waals surface area contributed by atoms with Crippen molar-refractivity contribution in [2.45, 2.75) is 13.1 Å². The smallest absolute Gasteiger partial charge is 0.335 e. The van der Waals surface area contributed by atoms with Gasteiger partial charge < -0.3 is 10.0 Å². The summed E-state index contributed by atoms with van der Waals surface area (Å²) in [4.78, 5) is 13.0. The van der Waals surface area contributed by atoms with E-state index >= 15 is 0 Å². The van der Waals surface area contributed by atoms with Crippen LogP contribution in [-0.4, -0.2) is 21.3 Å². The molecular formula is C13H10ClN3O2. The van der Waals surface area contributed by atoms with Crippen LogP contribution < -0.4 is 4.90 Å². The predicted molar refractivity (Wildman–Crippen MR) is 70.3 cm³/mol. The third-order valence-corrected chi connectivity index (χ3v) is 3.32. The Balaban J connectivity index is 1.87. The lowest BCUT2D eigenvalue weighted by molar-refractivity contribution is 0.0697. The van der Waals surface area contributed by atoms with E-state index in [-0.39, 0.29) is 0 Å². The number of carbonyl (C=O) groups is 1. The minimum atomic E-state index is -0.910. The summed E-state index contributed by atoms with van der Waals surface area (Å²) >= 11 is 5.71. The SMILES string of the molecule is O=C(O)c1ccc2c(c1)CN(c1ccc(Cl)nn1)C2. The van der Waals surface area contributed by atoms with E-state index in [9.17, 15) is 4.79 Å². The zero-order valence-corrected chi connectivity index (χ0v) is 10.6. The van der Waals surface area contributed by atoms with Crippen LogP contribution in [0, 0.1) is 0 Å². The lowest BCUT2D eigenvalue weighted by Gasteiger charge is -2.14. The average molecular weight is 276 g/mol. The van der Waals surface area contributed by atoms with Crippen molar-refractivity contribution in [3.05, 3.63) is 52.2 Å². The Kier molecular flexibility index (Phi) is 2.83. The van der Waals surface area contributed by atoms with Crippen LogP contribution in [0.5, 0.6) is 0 Å². The largest absolute Gasteiger partial charge is 0.478 e. The minimum Gasteiger partial charge on any atom is -0.478 e. The van der Waals surface area contributed by atoms with Crippen molar-refractivity contribution in [2.75, 3.05) is 4.90 Å². The standard InChI is InChI=1S/C13H10ClN3O2/c14-11-3-4-12(16-15-11)17-6-9-2-1-8(13(18)19)5-10(9)7-17/h1-5H,6-7H2,(H,18,19). The molecule has 0 atom stereocenters. The van der Waals surface area contributed by atoms with E-state index in [1.807, 2.05) is 11.0 Å². The van der Waals surface area contributed by atoms with Gasteiger partial charge in [0.25, 0.3) is 0 Å². The van der Waals surface area contributed by atoms with Crippen LogP contribution >= 0.6 is 11.6 Å². The predicted octanol–water partition coefficient (Wildman–Crippen LogP) is 2.35. The number of hydrogen-bond acceptors (Lipinski definition) is 4. The summed E-state index contributed by atoms with van der Waals surface area (Å²) in [6.07, 6.45) is 0. The number of fused-ring (bicyclic) bond motifs is 1. The molecule has 0 spiro atoms. The van der Waals surface area contributed by atoms with Crippen LogP contribution in [0.3, 0.4) is 0 Å². The van der Waals surface area contributed by atoms with Crippen LogP contribution in [0.2, 0.25) is 5.15 Å². The summed E-state index contributed by atoms with van der Waals surface area (Å²) in [7, 11) is 0. The lowest BCUT2D eigenvalue weighted by atomic mass is 10.1. The Hall–Kier alpha value is -2.14. The number of rotatable bonds is 2. The molecule has 0 aliphatic carbocycles. The highest BCUT2D eigenvalue weighted by atomic mass is 35.5. The van der Waals surface area contributed by atoms with E-state index in [0.29, 0.717) is 23.8 Å². The number of carboxylic acids is 1. The molecule has 19 heavy (non-hydrogen) atoms. The van der Waals surface area contributed by atoms with E-state index in [1.54, 1.807) is 24.3 Å². The van der Waals surface area contributed by atoms with E-state index in [2.05, 4.69) is 10.2 Å². The van der Waals surface area contributed by atoms with Gasteiger partial charge in [0.05, 0.1) is 5.56 Å². The normalized spacial score (nSPS) is 13.4. The highest BCUT2D eigenvalue weighted by Crippen LogP contribution is 2.27. The number of benzene rings is 1. The van der Waals surface area contributed by atoms with Gasteiger partial charge in [-0.05, 0) is 35.4 Å². The first-order valence-electron chi connectivity index (χ1n) is 5.73. The zero-order chi connectivity index (χ0) is 13.4. The molecule has 1 aromatic carbocycles. The van der Waals surface area contributed by atoms with Crippen LogP contribution in [-0.2, 0) is 13.1 Å². The first-order chi connectivity index (χ1) is 9.13. The number of aromatic nitrogens is 2. The first kappa shape index (κ1) is 11.9. The van der Waals surface area contributed by atoms with Gasteiger partial charge in [0.1, 0.15) is 0 Å². The minimum absolute atomic E-state index is 0.308. The fourth-order valence-electron chi connectivity index (χ4n) is 2.17. The Labute approximate surface area is 114 Å². The van der Waals surface area contributed by atoms with Crippen molar-refractivity contribution < 1.29 is 9.90 Å². The maximum Gasteiger partial charge on any atom is 0.335 e. The van der Waals surface area contributed by atoms with Gasteiger partial charge in [0, 0.05) is 13.1 Å². The van der Waals surface area contributed by atoms with Crippen molar-refractivity contribution in [2.24, 2.45) is 0 Å². The molecule has 0 fully saturated rings. The fourth-order valence-corrected chi connectivity index (χ4v) is 2.27. The fraction of sp³-hybridized carbons (Fsp3) is 0.154. The number of nitrogens with zero attached hydrogens (tertiary/aromatic N) is 3. The summed E-state index contributed by atoms with van der Waals surface area (Å²) in [5.41, 5.74) is 2.43. The van der Waals surface area contributed by atoms with Crippen LogP contribution in [0.15, 0.2) is 30.3 Å². The van der Waals surface area contributed by atoms with Crippen molar-refractivity contribution >= 4 is 23.4 Å². The first-order valence-corrected chi connectivity index (χ1v) is 6.10. The molecular weight excluding hydrogens is 266 g/mol. The second-order valence-electron chi connectivity index (χ2n) is 4.36. The molecule has 3 rings (SSSR count). The quantitative estimate of drug-likeness (QED) is 0.911.